The minimum atomic E-state index is -0.236. The molecule has 1 saturated heterocycles. The smallest absolute Gasteiger partial charge is 0.346 e. The molecule has 80 valence electrons. The third-order valence-electron chi connectivity index (χ3n) is 3.25. The third kappa shape index (κ3) is 5.20. The molecule has 3 heteroatoms. The standard InChI is InChI=1S/C11H22N.ClH.Mg/c1-2-3-4-6-9-12-10-7-5-8-11-12;;/h5H,2-4,6-11H2,1H3;1H;/q;;+1/p-1. The van der Waals surface area contributed by atoms with Crippen LogP contribution in [0, 0.1) is 0 Å². The fraction of sp³-hybridized carbons (Fsp3) is 1.00. The van der Waals surface area contributed by atoms with Gasteiger partial charge in [0, 0.05) is 0 Å². The van der Waals surface area contributed by atoms with Gasteiger partial charge in [-0.1, -0.05) is 39.0 Å². The van der Waals surface area contributed by atoms with E-state index in [2.05, 4.69) is 11.8 Å². The molecule has 1 heterocycles. The zero-order valence-corrected chi connectivity index (χ0v) is 11.6. The summed E-state index contributed by atoms with van der Waals surface area (Å²) >= 11 is -0.236. The summed E-state index contributed by atoms with van der Waals surface area (Å²) in [6, 6.07) is 0. The number of piperidine rings is 1. The predicted molar refractivity (Wildman–Crippen MR) is 65.2 cm³/mol. The number of hydrogen-bond acceptors (Lipinski definition) is 1. The zero-order chi connectivity index (χ0) is 10.2. The van der Waals surface area contributed by atoms with E-state index < -0.39 is 0 Å². The molecule has 0 bridgehead atoms. The molecule has 0 radical (unpaired) electrons. The van der Waals surface area contributed by atoms with Crippen LogP contribution in [0.25, 0.3) is 0 Å². The summed E-state index contributed by atoms with van der Waals surface area (Å²) in [7, 11) is 5.99. The molecule has 1 aliphatic heterocycles. The van der Waals surface area contributed by atoms with Crippen molar-refractivity contribution in [3.63, 3.8) is 0 Å². The average molecular weight is 228 g/mol. The van der Waals surface area contributed by atoms with Crippen molar-refractivity contribution in [2.45, 2.75) is 49.5 Å². The summed E-state index contributed by atoms with van der Waals surface area (Å²) in [6.07, 6.45) is 8.33. The van der Waals surface area contributed by atoms with Gasteiger partial charge in [-0.3, -0.25) is 0 Å². The van der Waals surface area contributed by atoms with Crippen molar-refractivity contribution >= 4 is 28.3 Å². The van der Waals surface area contributed by atoms with Gasteiger partial charge in [-0.15, -0.1) is 4.05 Å². The lowest BCUT2D eigenvalue weighted by atomic mass is 10.1. The van der Waals surface area contributed by atoms with Gasteiger partial charge in [0.25, 0.3) is 0 Å². The van der Waals surface area contributed by atoms with E-state index in [4.69, 9.17) is 9.07 Å². The van der Waals surface area contributed by atoms with E-state index in [1.807, 2.05) is 0 Å². The Balaban J connectivity index is 1.98. The Labute approximate surface area is 102 Å². The van der Waals surface area contributed by atoms with E-state index in [9.17, 15) is 0 Å². The molecule has 0 spiro atoms. The quantitative estimate of drug-likeness (QED) is 0.498. The second kappa shape index (κ2) is 8.20. The molecule has 0 saturated carbocycles. The van der Waals surface area contributed by atoms with Crippen LogP contribution in [0.3, 0.4) is 0 Å². The SMILES string of the molecule is CCCCCCN1CC[CH]([Mg][Cl])CC1. The third-order valence-corrected chi connectivity index (χ3v) is 5.82. The van der Waals surface area contributed by atoms with Crippen LogP contribution in [0.5, 0.6) is 0 Å². The zero-order valence-electron chi connectivity index (χ0n) is 9.47. The molecule has 0 unspecified atom stereocenters. The molecule has 0 amide bonds. The highest BCUT2D eigenvalue weighted by atomic mass is 35.5. The van der Waals surface area contributed by atoms with Crippen LogP contribution in [-0.2, 0) is 0 Å². The topological polar surface area (TPSA) is 3.24 Å². The highest BCUT2D eigenvalue weighted by molar-refractivity contribution is 6.94. The summed E-state index contributed by atoms with van der Waals surface area (Å²) < 4.78 is 0.934. The number of hydrogen-bond donors (Lipinski definition) is 0. The maximum atomic E-state index is 5.99. The largest absolute Gasteiger partial charge is 0.504 e. The number of nitrogens with zero attached hydrogens (tertiary/aromatic N) is 1. The summed E-state index contributed by atoms with van der Waals surface area (Å²) in [6.45, 7) is 6.24. The van der Waals surface area contributed by atoms with Gasteiger partial charge in [0.15, 0.2) is 0 Å². The maximum absolute atomic E-state index is 5.99. The summed E-state index contributed by atoms with van der Waals surface area (Å²) in [4.78, 5) is 2.63. The Bertz CT molecular complexity index is 135. The Kier molecular flexibility index (Phi) is 7.66. The first-order chi connectivity index (χ1) is 6.86. The van der Waals surface area contributed by atoms with Crippen LogP contribution in [0.15, 0.2) is 0 Å². The predicted octanol–water partition coefficient (Wildman–Crippen LogP) is 3.31. The van der Waals surface area contributed by atoms with E-state index in [1.165, 1.54) is 58.2 Å². The summed E-state index contributed by atoms with van der Waals surface area (Å²) in [5.74, 6) is 0. The molecule has 0 aromatic carbocycles. The molecule has 1 nitrogen and oxygen atoms in total. The molecular weight excluding hydrogens is 206 g/mol. The Morgan fingerprint density at radius 3 is 2.50 bits per heavy atom. The summed E-state index contributed by atoms with van der Waals surface area (Å²) in [5.41, 5.74) is 0. The van der Waals surface area contributed by atoms with Crippen LogP contribution >= 0.6 is 9.07 Å². The van der Waals surface area contributed by atoms with Gasteiger partial charge < -0.3 is 14.0 Å². The van der Waals surface area contributed by atoms with Crippen molar-refractivity contribution < 1.29 is 0 Å². The van der Waals surface area contributed by atoms with Gasteiger partial charge in [0.2, 0.25) is 0 Å². The molecule has 0 N–H and O–H groups in total. The Hall–Kier alpha value is 1.02. The van der Waals surface area contributed by atoms with Gasteiger partial charge in [-0.05, 0) is 26.1 Å². The molecule has 0 atom stereocenters. The molecule has 0 aromatic heterocycles. The number of halogens is 1. The van der Waals surface area contributed by atoms with Crippen LogP contribution in [0.1, 0.15) is 45.4 Å². The Morgan fingerprint density at radius 1 is 1.21 bits per heavy atom. The fourth-order valence-corrected chi connectivity index (χ4v) is 3.73. The van der Waals surface area contributed by atoms with E-state index in [1.54, 1.807) is 0 Å². The summed E-state index contributed by atoms with van der Waals surface area (Å²) in [5, 5.41) is 0. The normalized spacial score (nSPS) is 19.6. The highest BCUT2D eigenvalue weighted by Gasteiger charge is 2.19. The first-order valence-corrected chi connectivity index (χ1v) is 9.10. The minimum absolute atomic E-state index is 0.236. The lowest BCUT2D eigenvalue weighted by molar-refractivity contribution is 0.224. The number of unbranched alkanes of at least 4 members (excludes halogenated alkanes) is 3. The van der Waals surface area contributed by atoms with Gasteiger partial charge in [-0.2, -0.15) is 0 Å². The lowest BCUT2D eigenvalue weighted by Crippen LogP contribution is -2.33. The average Bonchev–Trinajstić information content (AvgIpc) is 2.25. The van der Waals surface area contributed by atoms with Crippen molar-refractivity contribution in [1.82, 2.24) is 4.90 Å². The van der Waals surface area contributed by atoms with Crippen molar-refractivity contribution in [3.05, 3.63) is 0 Å². The minimum Gasteiger partial charge on any atom is -0.346 e. The van der Waals surface area contributed by atoms with Crippen molar-refractivity contribution in [1.29, 1.82) is 0 Å². The second-order valence-electron chi connectivity index (χ2n) is 4.50. The first kappa shape index (κ1) is 13.1. The van der Waals surface area contributed by atoms with Gasteiger partial charge in [0.1, 0.15) is 0 Å². The fourth-order valence-electron chi connectivity index (χ4n) is 2.13. The van der Waals surface area contributed by atoms with Crippen LogP contribution in [-0.4, -0.2) is 43.8 Å². The molecule has 0 aliphatic carbocycles. The van der Waals surface area contributed by atoms with Gasteiger partial charge >= 0.3 is 19.3 Å². The van der Waals surface area contributed by atoms with Crippen molar-refractivity contribution in [2.24, 2.45) is 0 Å². The van der Waals surface area contributed by atoms with E-state index in [0.29, 0.717) is 0 Å². The van der Waals surface area contributed by atoms with E-state index >= 15 is 0 Å². The van der Waals surface area contributed by atoms with Crippen molar-refractivity contribution in [3.8, 4) is 0 Å². The van der Waals surface area contributed by atoms with Crippen LogP contribution in [0.2, 0.25) is 4.05 Å². The highest BCUT2D eigenvalue weighted by Crippen LogP contribution is 2.22. The molecule has 1 fully saturated rings. The lowest BCUT2D eigenvalue weighted by Gasteiger charge is -2.31. The number of likely N-dealkylation sites (tertiary alicyclic amines) is 1. The second-order valence-corrected chi connectivity index (χ2v) is 6.89. The van der Waals surface area contributed by atoms with Crippen LogP contribution in [0.4, 0.5) is 0 Å². The van der Waals surface area contributed by atoms with E-state index in [0.717, 1.165) is 4.05 Å². The molecule has 14 heavy (non-hydrogen) atoms. The molecular formula is C11H22ClMgN. The first-order valence-electron chi connectivity index (χ1n) is 6.15. The Morgan fingerprint density at radius 2 is 1.93 bits per heavy atom. The molecule has 0 aromatic rings. The molecule has 1 rings (SSSR count). The number of rotatable bonds is 6. The van der Waals surface area contributed by atoms with Crippen LogP contribution < -0.4 is 0 Å². The van der Waals surface area contributed by atoms with Gasteiger partial charge in [-0.25, -0.2) is 0 Å². The van der Waals surface area contributed by atoms with Crippen molar-refractivity contribution in [2.75, 3.05) is 19.6 Å². The molecule has 1 aliphatic rings. The monoisotopic (exact) mass is 227 g/mol. The maximum Gasteiger partial charge on any atom is 0.504 e. The van der Waals surface area contributed by atoms with E-state index in [-0.39, 0.29) is 19.3 Å². The van der Waals surface area contributed by atoms with Gasteiger partial charge in [0.05, 0.1) is 0 Å².